The third-order valence-corrected chi connectivity index (χ3v) is 5.55. The Labute approximate surface area is 159 Å². The van der Waals surface area contributed by atoms with Gasteiger partial charge in [0.2, 0.25) is 0 Å². The van der Waals surface area contributed by atoms with Gasteiger partial charge in [0.15, 0.2) is 0 Å². The maximum Gasteiger partial charge on any atom is 0.257 e. The van der Waals surface area contributed by atoms with Gasteiger partial charge in [-0.2, -0.15) is 0 Å². The van der Waals surface area contributed by atoms with E-state index < -0.39 is 0 Å². The van der Waals surface area contributed by atoms with Crippen LogP contribution in [0.25, 0.3) is 10.8 Å². The highest BCUT2D eigenvalue weighted by atomic mass is 16.3. The summed E-state index contributed by atoms with van der Waals surface area (Å²) in [5.74, 6) is -0.0695. The lowest BCUT2D eigenvalue weighted by Crippen LogP contribution is -2.36. The van der Waals surface area contributed by atoms with E-state index in [1.807, 2.05) is 31.2 Å². The van der Waals surface area contributed by atoms with Crippen molar-refractivity contribution < 1.29 is 20.1 Å². The molecule has 1 aliphatic heterocycles. The van der Waals surface area contributed by atoms with Crippen LogP contribution < -0.4 is 0 Å². The number of phenols is 1. The number of likely N-dealkylation sites (N-methyl/N-ethyl adjacent to an activating group) is 1. The standard InChI is InChI=1S/C21H28N2O4/c1-2-22(7-8-24)11-17-12-23(13-18(17)14-25)21(27)19-9-15-5-3-4-6-16(15)10-20(19)26/h3-6,9-10,17-18,24-26H,2,7-8,11-14H2,1H3/t17-,18-/m1/s1. The predicted molar refractivity (Wildman–Crippen MR) is 105 cm³/mol. The summed E-state index contributed by atoms with van der Waals surface area (Å²) in [6.07, 6.45) is 0. The fourth-order valence-corrected chi connectivity index (χ4v) is 3.94. The van der Waals surface area contributed by atoms with E-state index in [0.29, 0.717) is 25.2 Å². The highest BCUT2D eigenvalue weighted by Crippen LogP contribution is 2.30. The molecule has 6 nitrogen and oxygen atoms in total. The molecule has 1 heterocycles. The lowest BCUT2D eigenvalue weighted by Gasteiger charge is -2.25. The minimum absolute atomic E-state index is 0.00397. The Morgan fingerprint density at radius 3 is 2.44 bits per heavy atom. The number of hydrogen-bond acceptors (Lipinski definition) is 5. The van der Waals surface area contributed by atoms with E-state index in [-0.39, 0.29) is 36.7 Å². The van der Waals surface area contributed by atoms with Crippen molar-refractivity contribution in [2.24, 2.45) is 11.8 Å². The van der Waals surface area contributed by atoms with Crippen LogP contribution in [0.5, 0.6) is 5.75 Å². The molecule has 1 amide bonds. The monoisotopic (exact) mass is 372 g/mol. The van der Waals surface area contributed by atoms with Gasteiger partial charge < -0.3 is 25.1 Å². The van der Waals surface area contributed by atoms with Crippen molar-refractivity contribution in [3.63, 3.8) is 0 Å². The molecule has 2 aromatic rings. The summed E-state index contributed by atoms with van der Waals surface area (Å²) in [7, 11) is 0. The summed E-state index contributed by atoms with van der Waals surface area (Å²) in [6.45, 7) is 5.30. The molecule has 1 fully saturated rings. The van der Waals surface area contributed by atoms with Gasteiger partial charge in [0.05, 0.1) is 12.2 Å². The Bertz CT molecular complexity index is 795. The molecular weight excluding hydrogens is 344 g/mol. The molecule has 0 aromatic heterocycles. The van der Waals surface area contributed by atoms with Gasteiger partial charge in [0.25, 0.3) is 5.91 Å². The second kappa shape index (κ2) is 8.69. The molecule has 0 bridgehead atoms. The average molecular weight is 372 g/mol. The maximum atomic E-state index is 13.0. The number of rotatable bonds is 7. The van der Waals surface area contributed by atoms with Crippen LogP contribution in [0, 0.1) is 11.8 Å². The minimum atomic E-state index is -0.204. The number of benzene rings is 2. The largest absolute Gasteiger partial charge is 0.507 e. The molecule has 0 radical (unpaired) electrons. The molecule has 0 unspecified atom stereocenters. The molecular formula is C21H28N2O4. The first kappa shape index (κ1) is 19.6. The fraction of sp³-hybridized carbons (Fsp3) is 0.476. The molecule has 0 saturated carbocycles. The lowest BCUT2D eigenvalue weighted by atomic mass is 9.96. The molecule has 0 spiro atoms. The number of aliphatic hydroxyl groups excluding tert-OH is 2. The summed E-state index contributed by atoms with van der Waals surface area (Å²) in [4.78, 5) is 16.9. The summed E-state index contributed by atoms with van der Waals surface area (Å²) in [6, 6.07) is 11.0. The summed E-state index contributed by atoms with van der Waals surface area (Å²) >= 11 is 0. The summed E-state index contributed by atoms with van der Waals surface area (Å²) in [5.41, 5.74) is 0.300. The predicted octanol–water partition coefficient (Wildman–Crippen LogP) is 1.54. The van der Waals surface area contributed by atoms with Gasteiger partial charge >= 0.3 is 0 Å². The lowest BCUT2D eigenvalue weighted by molar-refractivity contribution is 0.0775. The van der Waals surface area contributed by atoms with E-state index in [9.17, 15) is 20.1 Å². The second-order valence-corrected chi connectivity index (χ2v) is 7.25. The van der Waals surface area contributed by atoms with Crippen LogP contribution in [0.3, 0.4) is 0 Å². The zero-order chi connectivity index (χ0) is 19.4. The van der Waals surface area contributed by atoms with Crippen LogP contribution in [-0.2, 0) is 0 Å². The number of nitrogens with zero attached hydrogens (tertiary/aromatic N) is 2. The van der Waals surface area contributed by atoms with E-state index in [1.54, 1.807) is 17.0 Å². The molecule has 2 atom stereocenters. The van der Waals surface area contributed by atoms with Gasteiger partial charge in [0.1, 0.15) is 5.75 Å². The summed E-state index contributed by atoms with van der Waals surface area (Å²) in [5, 5.41) is 31.1. The first-order valence-corrected chi connectivity index (χ1v) is 9.52. The molecule has 2 aromatic carbocycles. The van der Waals surface area contributed by atoms with Crippen LogP contribution in [0.2, 0.25) is 0 Å². The van der Waals surface area contributed by atoms with Crippen molar-refractivity contribution in [2.45, 2.75) is 6.92 Å². The number of hydrogen-bond donors (Lipinski definition) is 3. The summed E-state index contributed by atoms with van der Waals surface area (Å²) < 4.78 is 0. The zero-order valence-corrected chi connectivity index (χ0v) is 15.7. The topological polar surface area (TPSA) is 84.2 Å². The number of amides is 1. The second-order valence-electron chi connectivity index (χ2n) is 7.25. The molecule has 0 aliphatic carbocycles. The molecule has 3 N–H and O–H groups in total. The number of aromatic hydroxyl groups is 1. The molecule has 1 saturated heterocycles. The normalized spacial score (nSPS) is 19.9. The van der Waals surface area contributed by atoms with Gasteiger partial charge in [-0.15, -0.1) is 0 Å². The van der Waals surface area contributed by atoms with Crippen LogP contribution in [0.1, 0.15) is 17.3 Å². The smallest absolute Gasteiger partial charge is 0.257 e. The molecule has 146 valence electrons. The van der Waals surface area contributed by atoms with E-state index in [0.717, 1.165) is 23.9 Å². The van der Waals surface area contributed by atoms with Gasteiger partial charge in [0, 0.05) is 38.7 Å². The van der Waals surface area contributed by atoms with E-state index in [1.165, 1.54) is 0 Å². The van der Waals surface area contributed by atoms with Crippen LogP contribution in [0.15, 0.2) is 36.4 Å². The van der Waals surface area contributed by atoms with Crippen molar-refractivity contribution in [2.75, 3.05) is 45.9 Å². The fourth-order valence-electron chi connectivity index (χ4n) is 3.94. The quantitative estimate of drug-likeness (QED) is 0.687. The third-order valence-electron chi connectivity index (χ3n) is 5.55. The van der Waals surface area contributed by atoms with Gasteiger partial charge in [-0.25, -0.2) is 0 Å². The van der Waals surface area contributed by atoms with Crippen molar-refractivity contribution >= 4 is 16.7 Å². The zero-order valence-electron chi connectivity index (χ0n) is 15.7. The highest BCUT2D eigenvalue weighted by Gasteiger charge is 2.36. The van der Waals surface area contributed by atoms with Crippen molar-refractivity contribution in [3.05, 3.63) is 42.0 Å². The number of carbonyl (C=O) groups is 1. The third kappa shape index (κ3) is 4.24. The Morgan fingerprint density at radius 2 is 1.81 bits per heavy atom. The highest BCUT2D eigenvalue weighted by molar-refractivity contribution is 6.01. The molecule has 6 heteroatoms. The molecule has 1 aliphatic rings. The van der Waals surface area contributed by atoms with Gasteiger partial charge in [-0.1, -0.05) is 31.2 Å². The number of aliphatic hydroxyl groups is 2. The Kier molecular flexibility index (Phi) is 6.31. The van der Waals surface area contributed by atoms with Crippen LogP contribution in [-0.4, -0.2) is 77.0 Å². The Morgan fingerprint density at radius 1 is 1.15 bits per heavy atom. The van der Waals surface area contributed by atoms with Crippen molar-refractivity contribution in [3.8, 4) is 5.75 Å². The van der Waals surface area contributed by atoms with E-state index >= 15 is 0 Å². The van der Waals surface area contributed by atoms with Crippen molar-refractivity contribution in [1.82, 2.24) is 9.80 Å². The SMILES string of the molecule is CCN(CCO)C[C@@H]1CN(C(=O)c2cc3ccccc3cc2O)C[C@@H]1CO. The van der Waals surface area contributed by atoms with Crippen LogP contribution in [0.4, 0.5) is 0 Å². The Balaban J connectivity index is 1.78. The number of phenolic OH excluding ortho intramolecular Hbond substituents is 1. The molecule has 3 rings (SSSR count). The van der Waals surface area contributed by atoms with Gasteiger partial charge in [-0.05, 0) is 35.4 Å². The van der Waals surface area contributed by atoms with Gasteiger partial charge in [-0.3, -0.25) is 4.79 Å². The number of carbonyl (C=O) groups excluding carboxylic acids is 1. The van der Waals surface area contributed by atoms with E-state index in [2.05, 4.69) is 4.90 Å². The number of likely N-dealkylation sites (tertiary alicyclic amines) is 1. The Hall–Kier alpha value is -2.15. The molecule has 27 heavy (non-hydrogen) atoms. The number of fused-ring (bicyclic) bond motifs is 1. The average Bonchev–Trinajstić information content (AvgIpc) is 3.09. The maximum absolute atomic E-state index is 13.0. The van der Waals surface area contributed by atoms with Crippen molar-refractivity contribution in [1.29, 1.82) is 0 Å². The first-order valence-electron chi connectivity index (χ1n) is 9.52. The van der Waals surface area contributed by atoms with Crippen LogP contribution >= 0.6 is 0 Å². The first-order chi connectivity index (χ1) is 13.1. The van der Waals surface area contributed by atoms with E-state index in [4.69, 9.17) is 0 Å². The minimum Gasteiger partial charge on any atom is -0.507 e.